The van der Waals surface area contributed by atoms with Gasteiger partial charge in [0.1, 0.15) is 13.2 Å². The van der Waals surface area contributed by atoms with Gasteiger partial charge in [-0.2, -0.15) is 0 Å². The number of amides is 2. The van der Waals surface area contributed by atoms with Crippen molar-refractivity contribution >= 4 is 18.0 Å². The van der Waals surface area contributed by atoms with E-state index in [2.05, 4.69) is 29.6 Å². The summed E-state index contributed by atoms with van der Waals surface area (Å²) in [5.74, 6) is -0.690. The summed E-state index contributed by atoms with van der Waals surface area (Å²) < 4.78 is 10.8. The zero-order chi connectivity index (χ0) is 24.4. The maximum atomic E-state index is 12.6. The Kier molecular flexibility index (Phi) is 6.72. The Hall–Kier alpha value is -3.39. The van der Waals surface area contributed by atoms with Gasteiger partial charge < -0.3 is 24.8 Å². The summed E-state index contributed by atoms with van der Waals surface area (Å²) in [6, 6.07) is 16.5. The lowest BCUT2D eigenvalue weighted by Crippen LogP contribution is -2.55. The van der Waals surface area contributed by atoms with E-state index < -0.39 is 12.1 Å². The van der Waals surface area contributed by atoms with E-state index in [1.807, 2.05) is 24.3 Å². The summed E-state index contributed by atoms with van der Waals surface area (Å²) in [7, 11) is 0. The molecule has 2 aromatic carbocycles. The average Bonchev–Trinajstić information content (AvgIpc) is 3.38. The van der Waals surface area contributed by atoms with Crippen molar-refractivity contribution in [2.24, 2.45) is 5.92 Å². The fraction of sp³-hybridized carbons (Fsp3) is 0.444. The predicted molar refractivity (Wildman–Crippen MR) is 128 cm³/mol. The van der Waals surface area contributed by atoms with Crippen LogP contribution in [0.25, 0.3) is 11.1 Å². The second-order valence-corrected chi connectivity index (χ2v) is 9.68. The molecule has 2 N–H and O–H groups in total. The number of ether oxygens (including phenoxy) is 2. The maximum absolute atomic E-state index is 12.6. The van der Waals surface area contributed by atoms with Crippen LogP contribution in [-0.2, 0) is 19.1 Å². The number of hydrogen-bond donors (Lipinski definition) is 2. The lowest BCUT2D eigenvalue weighted by molar-refractivity contribution is -0.154. The number of hydrogen-bond acceptors (Lipinski definition) is 5. The monoisotopic (exact) mass is 478 g/mol. The Bertz CT molecular complexity index is 1070. The molecule has 1 saturated heterocycles. The Balaban J connectivity index is 1.05. The van der Waals surface area contributed by atoms with Crippen molar-refractivity contribution in [1.29, 1.82) is 0 Å². The molecule has 2 fully saturated rings. The van der Waals surface area contributed by atoms with Gasteiger partial charge in [0.2, 0.25) is 5.91 Å². The number of carboxylic acids is 1. The molecular weight excluding hydrogens is 448 g/mol. The molecule has 1 saturated carbocycles. The second-order valence-electron chi connectivity index (χ2n) is 9.68. The molecular formula is C27H30N2O6. The number of nitrogens with zero attached hydrogens (tertiary/aromatic N) is 1. The summed E-state index contributed by atoms with van der Waals surface area (Å²) in [4.78, 5) is 37.3. The van der Waals surface area contributed by atoms with Gasteiger partial charge in [-0.3, -0.25) is 4.79 Å². The molecule has 0 spiro atoms. The van der Waals surface area contributed by atoms with Crippen LogP contribution in [0.2, 0.25) is 0 Å². The average molecular weight is 479 g/mol. The Morgan fingerprint density at radius 2 is 1.63 bits per heavy atom. The van der Waals surface area contributed by atoms with E-state index in [-0.39, 0.29) is 43.1 Å². The van der Waals surface area contributed by atoms with Gasteiger partial charge in [-0.15, -0.1) is 0 Å². The Labute approximate surface area is 204 Å². The first-order valence-electron chi connectivity index (χ1n) is 12.2. The molecule has 0 radical (unpaired) electrons. The van der Waals surface area contributed by atoms with Crippen molar-refractivity contribution in [3.63, 3.8) is 0 Å². The van der Waals surface area contributed by atoms with Crippen LogP contribution < -0.4 is 5.32 Å². The van der Waals surface area contributed by atoms with Gasteiger partial charge >= 0.3 is 12.1 Å². The molecule has 0 aromatic heterocycles. The van der Waals surface area contributed by atoms with Gasteiger partial charge in [0.15, 0.2) is 0 Å². The zero-order valence-electron chi connectivity index (χ0n) is 19.5. The van der Waals surface area contributed by atoms with Crippen molar-refractivity contribution < 1.29 is 29.0 Å². The van der Waals surface area contributed by atoms with Crippen LogP contribution in [0.4, 0.5) is 4.79 Å². The first kappa shape index (κ1) is 23.4. The number of aliphatic carboxylic acids is 1. The predicted octanol–water partition coefficient (Wildman–Crippen LogP) is 3.40. The molecule has 1 heterocycles. The van der Waals surface area contributed by atoms with E-state index in [1.54, 1.807) is 4.90 Å². The summed E-state index contributed by atoms with van der Waals surface area (Å²) in [6.07, 6.45) is 2.29. The number of carboxylic acid groups (broad SMARTS) is 1. The first-order chi connectivity index (χ1) is 17.0. The quantitative estimate of drug-likeness (QED) is 0.603. The van der Waals surface area contributed by atoms with E-state index in [0.29, 0.717) is 19.5 Å². The number of fused-ring (bicyclic) bond motifs is 3. The minimum Gasteiger partial charge on any atom is -0.480 e. The number of rotatable bonds is 8. The highest BCUT2D eigenvalue weighted by atomic mass is 16.5. The summed E-state index contributed by atoms with van der Waals surface area (Å²) in [5, 5.41) is 11.6. The molecule has 0 unspecified atom stereocenters. The van der Waals surface area contributed by atoms with Crippen LogP contribution in [0.1, 0.15) is 42.7 Å². The molecule has 5 rings (SSSR count). The highest BCUT2D eigenvalue weighted by Crippen LogP contribution is 2.44. The van der Waals surface area contributed by atoms with Gasteiger partial charge in [-0.05, 0) is 47.4 Å². The minimum atomic E-state index is -1.00. The maximum Gasteiger partial charge on any atom is 0.407 e. The third-order valence-electron chi connectivity index (χ3n) is 7.31. The standard InChI is InChI=1S/C27H30N2O6/c30-25(29-13-19(14-29)34-16-26(31)32)12-17-9-10-18(11-17)28-27(33)35-15-24-22-7-3-1-5-20(22)21-6-2-4-8-23(21)24/h1-8,17-19,24H,9-16H2,(H,28,33)(H,31,32)/t17-,18+/m0/s1. The molecule has 2 atom stereocenters. The summed E-state index contributed by atoms with van der Waals surface area (Å²) in [6.45, 7) is 0.841. The number of alkyl carbamates (subject to hydrolysis) is 1. The molecule has 3 aliphatic rings. The summed E-state index contributed by atoms with van der Waals surface area (Å²) >= 11 is 0. The van der Waals surface area contributed by atoms with Crippen LogP contribution in [0, 0.1) is 5.92 Å². The molecule has 35 heavy (non-hydrogen) atoms. The van der Waals surface area contributed by atoms with Crippen LogP contribution in [0.3, 0.4) is 0 Å². The Morgan fingerprint density at radius 3 is 2.29 bits per heavy atom. The van der Waals surface area contributed by atoms with Gasteiger partial charge in [0, 0.05) is 31.5 Å². The number of nitrogens with one attached hydrogen (secondary N) is 1. The SMILES string of the molecule is O=C(O)COC1CN(C(=O)C[C@H]2CC[C@@H](NC(=O)OCC3c4ccccc4-c4ccccc43)C2)C1. The topological polar surface area (TPSA) is 105 Å². The van der Waals surface area contributed by atoms with E-state index in [9.17, 15) is 14.4 Å². The number of benzene rings is 2. The van der Waals surface area contributed by atoms with Crippen LogP contribution in [0.5, 0.6) is 0 Å². The molecule has 2 amide bonds. The van der Waals surface area contributed by atoms with Crippen molar-refractivity contribution in [3.05, 3.63) is 59.7 Å². The van der Waals surface area contributed by atoms with Crippen LogP contribution >= 0.6 is 0 Å². The van der Waals surface area contributed by atoms with Crippen LogP contribution in [-0.4, -0.2) is 66.4 Å². The highest BCUT2D eigenvalue weighted by molar-refractivity contribution is 5.79. The molecule has 8 nitrogen and oxygen atoms in total. The molecule has 8 heteroatoms. The Morgan fingerprint density at radius 1 is 0.971 bits per heavy atom. The first-order valence-corrected chi connectivity index (χ1v) is 12.2. The summed E-state index contributed by atoms with van der Waals surface area (Å²) in [5.41, 5.74) is 4.76. The minimum absolute atomic E-state index is 0.00601. The normalized spacial score (nSPS) is 21.2. The van der Waals surface area contributed by atoms with E-state index in [4.69, 9.17) is 14.6 Å². The third kappa shape index (κ3) is 5.17. The number of carbonyl (C=O) groups excluding carboxylic acids is 2. The van der Waals surface area contributed by atoms with Gasteiger partial charge in [0.05, 0.1) is 6.10 Å². The number of carbonyl (C=O) groups is 3. The fourth-order valence-electron chi connectivity index (χ4n) is 5.51. The van der Waals surface area contributed by atoms with E-state index in [1.165, 1.54) is 22.3 Å². The smallest absolute Gasteiger partial charge is 0.407 e. The van der Waals surface area contributed by atoms with Crippen molar-refractivity contribution in [1.82, 2.24) is 10.2 Å². The van der Waals surface area contributed by atoms with E-state index in [0.717, 1.165) is 19.3 Å². The van der Waals surface area contributed by atoms with Crippen molar-refractivity contribution in [2.45, 2.75) is 43.7 Å². The highest BCUT2D eigenvalue weighted by Gasteiger charge is 2.35. The van der Waals surface area contributed by atoms with Crippen molar-refractivity contribution in [2.75, 3.05) is 26.3 Å². The number of likely N-dealkylation sites (tertiary alicyclic amines) is 1. The molecule has 1 aliphatic heterocycles. The van der Waals surface area contributed by atoms with Crippen LogP contribution in [0.15, 0.2) is 48.5 Å². The fourth-order valence-corrected chi connectivity index (χ4v) is 5.51. The molecule has 2 aromatic rings. The largest absolute Gasteiger partial charge is 0.480 e. The second kappa shape index (κ2) is 10.1. The third-order valence-corrected chi connectivity index (χ3v) is 7.31. The van der Waals surface area contributed by atoms with Gasteiger partial charge in [-0.1, -0.05) is 48.5 Å². The van der Waals surface area contributed by atoms with Gasteiger partial charge in [-0.25, -0.2) is 9.59 Å². The van der Waals surface area contributed by atoms with Crippen molar-refractivity contribution in [3.8, 4) is 11.1 Å². The molecule has 0 bridgehead atoms. The van der Waals surface area contributed by atoms with E-state index >= 15 is 0 Å². The lowest BCUT2D eigenvalue weighted by Gasteiger charge is -2.39. The molecule has 184 valence electrons. The molecule has 2 aliphatic carbocycles. The lowest BCUT2D eigenvalue weighted by atomic mass is 9.98. The zero-order valence-corrected chi connectivity index (χ0v) is 19.5. The van der Waals surface area contributed by atoms with Gasteiger partial charge in [0.25, 0.3) is 0 Å².